The quantitative estimate of drug-likeness (QED) is 0.433. The highest BCUT2D eigenvalue weighted by Crippen LogP contribution is 2.13. The Labute approximate surface area is 80.0 Å². The van der Waals surface area contributed by atoms with Gasteiger partial charge >= 0.3 is 0 Å². The third kappa shape index (κ3) is 3.06. The Balaban J connectivity index is 2.60. The van der Waals surface area contributed by atoms with E-state index in [1.165, 1.54) is 24.3 Å². The smallest absolute Gasteiger partial charge is 0.250 e. The summed E-state index contributed by atoms with van der Waals surface area (Å²) in [7, 11) is 0. The number of phenols is 1. The molecule has 0 saturated carbocycles. The van der Waals surface area contributed by atoms with Crippen molar-refractivity contribution in [2.45, 2.75) is 0 Å². The molecule has 5 heteroatoms. The van der Waals surface area contributed by atoms with Gasteiger partial charge in [-0.05, 0) is 29.4 Å². The molecule has 0 aliphatic carbocycles. The summed E-state index contributed by atoms with van der Waals surface area (Å²) in [6.45, 7) is 0. The van der Waals surface area contributed by atoms with Crippen molar-refractivity contribution in [3.8, 4) is 5.75 Å². The monoisotopic (exact) mass is 192 g/mol. The SMILES string of the molecule is O=N/C=C\C(=O)Nc1ccc(O)cc1. The maximum Gasteiger partial charge on any atom is 0.250 e. The first kappa shape index (κ1) is 9.91. The molecule has 5 nitrogen and oxygen atoms in total. The average Bonchev–Trinajstić information content (AvgIpc) is 2.18. The maximum absolute atomic E-state index is 11.0. The first-order valence-electron chi connectivity index (χ1n) is 3.81. The summed E-state index contributed by atoms with van der Waals surface area (Å²) >= 11 is 0. The highest BCUT2D eigenvalue weighted by molar-refractivity contribution is 5.99. The molecule has 1 rings (SSSR count). The zero-order valence-corrected chi connectivity index (χ0v) is 7.18. The molecule has 0 saturated heterocycles. The van der Waals surface area contributed by atoms with E-state index in [2.05, 4.69) is 10.5 Å². The molecule has 0 radical (unpaired) electrons. The number of carbonyl (C=O) groups is 1. The predicted molar refractivity (Wildman–Crippen MR) is 51.7 cm³/mol. The summed E-state index contributed by atoms with van der Waals surface area (Å²) in [4.78, 5) is 20.7. The number of anilines is 1. The highest BCUT2D eigenvalue weighted by Gasteiger charge is 1.96. The third-order valence-electron chi connectivity index (χ3n) is 1.42. The number of hydrogen-bond donors (Lipinski definition) is 2. The van der Waals surface area contributed by atoms with Crippen molar-refractivity contribution in [3.63, 3.8) is 0 Å². The number of phenolic OH excluding ortho intramolecular Hbond substituents is 1. The Bertz CT molecular complexity index is 357. The first-order valence-corrected chi connectivity index (χ1v) is 3.81. The third-order valence-corrected chi connectivity index (χ3v) is 1.42. The van der Waals surface area contributed by atoms with Gasteiger partial charge < -0.3 is 10.4 Å². The number of nitrogens with one attached hydrogen (secondary N) is 1. The fraction of sp³-hybridized carbons (Fsp3) is 0. The minimum Gasteiger partial charge on any atom is -0.508 e. The van der Waals surface area contributed by atoms with Gasteiger partial charge in [0.15, 0.2) is 0 Å². The van der Waals surface area contributed by atoms with Crippen molar-refractivity contribution in [3.05, 3.63) is 41.4 Å². The van der Waals surface area contributed by atoms with Crippen LogP contribution in [0.1, 0.15) is 0 Å². The summed E-state index contributed by atoms with van der Waals surface area (Å²) in [6, 6.07) is 5.96. The van der Waals surface area contributed by atoms with Crippen LogP contribution in [0.4, 0.5) is 5.69 Å². The van der Waals surface area contributed by atoms with Crippen LogP contribution in [0.25, 0.3) is 0 Å². The molecule has 0 aliphatic rings. The van der Waals surface area contributed by atoms with Crippen molar-refractivity contribution >= 4 is 11.6 Å². The number of hydrogen-bond acceptors (Lipinski definition) is 4. The molecule has 0 atom stereocenters. The van der Waals surface area contributed by atoms with Crippen molar-refractivity contribution in [2.24, 2.45) is 5.18 Å². The Kier molecular flexibility index (Phi) is 3.37. The van der Waals surface area contributed by atoms with Crippen LogP contribution in [0.15, 0.2) is 41.7 Å². The lowest BCUT2D eigenvalue weighted by Crippen LogP contribution is -2.07. The molecule has 0 bridgehead atoms. The lowest BCUT2D eigenvalue weighted by Gasteiger charge is -2.00. The summed E-state index contributed by atoms with van der Waals surface area (Å²) in [6.07, 6.45) is 1.87. The molecule has 0 fully saturated rings. The van der Waals surface area contributed by atoms with Gasteiger partial charge in [0.25, 0.3) is 0 Å². The highest BCUT2D eigenvalue weighted by atomic mass is 16.3. The van der Waals surface area contributed by atoms with Crippen LogP contribution in [-0.4, -0.2) is 11.0 Å². The van der Waals surface area contributed by atoms with Gasteiger partial charge in [0.05, 0.1) is 6.20 Å². The summed E-state index contributed by atoms with van der Waals surface area (Å²) < 4.78 is 0. The fourth-order valence-electron chi connectivity index (χ4n) is 0.827. The number of nitroso groups, excluding NO2 is 1. The largest absolute Gasteiger partial charge is 0.508 e. The lowest BCUT2D eigenvalue weighted by molar-refractivity contribution is -0.111. The maximum atomic E-state index is 11.0. The molecule has 0 unspecified atom stereocenters. The van der Waals surface area contributed by atoms with E-state index in [9.17, 15) is 9.70 Å². The lowest BCUT2D eigenvalue weighted by atomic mass is 10.3. The second-order valence-electron chi connectivity index (χ2n) is 2.46. The number of carbonyl (C=O) groups excluding carboxylic acids is 1. The number of amides is 1. The van der Waals surface area contributed by atoms with Crippen LogP contribution in [0.2, 0.25) is 0 Å². The summed E-state index contributed by atoms with van der Waals surface area (Å²) in [5.41, 5.74) is 0.531. The number of rotatable bonds is 3. The van der Waals surface area contributed by atoms with Crippen LogP contribution in [0, 0.1) is 4.91 Å². The van der Waals surface area contributed by atoms with Crippen LogP contribution in [0.3, 0.4) is 0 Å². The molecule has 14 heavy (non-hydrogen) atoms. The van der Waals surface area contributed by atoms with E-state index in [0.717, 1.165) is 12.3 Å². The van der Waals surface area contributed by atoms with Gasteiger partial charge in [-0.15, -0.1) is 4.91 Å². The molecule has 1 amide bonds. The van der Waals surface area contributed by atoms with E-state index >= 15 is 0 Å². The zero-order valence-electron chi connectivity index (χ0n) is 7.18. The van der Waals surface area contributed by atoms with Gasteiger partial charge in [-0.3, -0.25) is 4.79 Å². The molecule has 0 spiro atoms. The summed E-state index contributed by atoms with van der Waals surface area (Å²) in [5, 5.41) is 13.8. The van der Waals surface area contributed by atoms with Crippen molar-refractivity contribution in [1.82, 2.24) is 0 Å². The molecule has 0 aromatic heterocycles. The number of nitrogens with zero attached hydrogens (tertiary/aromatic N) is 1. The minimum atomic E-state index is -0.449. The minimum absolute atomic E-state index is 0.119. The fourth-order valence-corrected chi connectivity index (χ4v) is 0.827. The average molecular weight is 192 g/mol. The van der Waals surface area contributed by atoms with E-state index in [4.69, 9.17) is 5.11 Å². The van der Waals surface area contributed by atoms with Crippen LogP contribution in [-0.2, 0) is 4.79 Å². The Morgan fingerprint density at radius 2 is 2.00 bits per heavy atom. The topological polar surface area (TPSA) is 78.8 Å². The normalized spacial score (nSPS) is 10.0. The van der Waals surface area contributed by atoms with E-state index < -0.39 is 5.91 Å². The zero-order chi connectivity index (χ0) is 10.4. The van der Waals surface area contributed by atoms with Crippen molar-refractivity contribution < 1.29 is 9.90 Å². The molecular formula is C9H8N2O3. The van der Waals surface area contributed by atoms with E-state index in [-0.39, 0.29) is 5.75 Å². The van der Waals surface area contributed by atoms with Gasteiger partial charge in [0.1, 0.15) is 5.75 Å². The van der Waals surface area contributed by atoms with Gasteiger partial charge in [-0.2, -0.15) is 0 Å². The molecule has 72 valence electrons. The van der Waals surface area contributed by atoms with E-state index in [1.807, 2.05) is 0 Å². The molecule has 1 aromatic rings. The van der Waals surface area contributed by atoms with Crippen LogP contribution >= 0.6 is 0 Å². The second kappa shape index (κ2) is 4.76. The molecule has 2 N–H and O–H groups in total. The van der Waals surface area contributed by atoms with E-state index in [0.29, 0.717) is 5.69 Å². The second-order valence-corrected chi connectivity index (χ2v) is 2.46. The Morgan fingerprint density at radius 3 is 2.57 bits per heavy atom. The van der Waals surface area contributed by atoms with Gasteiger partial charge in [-0.25, -0.2) is 0 Å². The number of aromatic hydroxyl groups is 1. The van der Waals surface area contributed by atoms with Crippen LogP contribution in [0.5, 0.6) is 5.75 Å². The van der Waals surface area contributed by atoms with Crippen molar-refractivity contribution in [2.75, 3.05) is 5.32 Å². The molecule has 1 aromatic carbocycles. The first-order chi connectivity index (χ1) is 6.72. The Morgan fingerprint density at radius 1 is 1.36 bits per heavy atom. The van der Waals surface area contributed by atoms with Crippen molar-refractivity contribution in [1.29, 1.82) is 0 Å². The van der Waals surface area contributed by atoms with Gasteiger partial charge in [0.2, 0.25) is 5.91 Å². The standard InChI is InChI=1S/C9H8N2O3/c12-8-3-1-7(2-4-8)11-9(13)5-6-10-14/h1-6,12H,(H,11,13)/b6-5-. The molecule has 0 heterocycles. The summed E-state index contributed by atoms with van der Waals surface area (Å²) in [5.74, 6) is -0.330. The molecule has 0 aliphatic heterocycles. The predicted octanol–water partition coefficient (Wildman–Crippen LogP) is 1.61. The van der Waals surface area contributed by atoms with Crippen LogP contribution < -0.4 is 5.32 Å². The van der Waals surface area contributed by atoms with E-state index in [1.54, 1.807) is 0 Å². The Hall–Kier alpha value is -2.17. The van der Waals surface area contributed by atoms with Gasteiger partial charge in [-0.1, -0.05) is 0 Å². The molecular weight excluding hydrogens is 184 g/mol. The number of benzene rings is 1. The van der Waals surface area contributed by atoms with Gasteiger partial charge in [0, 0.05) is 11.8 Å².